The number of nitrogens with one attached hydrogen (secondary N) is 1. The molecule has 5 nitrogen and oxygen atoms in total. The zero-order chi connectivity index (χ0) is 16.8. The van der Waals surface area contributed by atoms with Gasteiger partial charge in [0.15, 0.2) is 0 Å². The molecule has 2 aromatic rings. The van der Waals surface area contributed by atoms with E-state index in [0.717, 1.165) is 27.9 Å². The van der Waals surface area contributed by atoms with E-state index in [-0.39, 0.29) is 5.92 Å². The highest BCUT2D eigenvalue weighted by atomic mass is 32.2. The lowest BCUT2D eigenvalue weighted by atomic mass is 9.79. The molecule has 0 saturated heterocycles. The Morgan fingerprint density at radius 1 is 1.30 bits per heavy atom. The molecule has 3 N–H and O–H groups in total. The molecule has 0 bridgehead atoms. The van der Waals surface area contributed by atoms with E-state index in [1.54, 1.807) is 6.20 Å². The van der Waals surface area contributed by atoms with Gasteiger partial charge in [-0.1, -0.05) is 24.3 Å². The molecule has 1 aliphatic rings. The van der Waals surface area contributed by atoms with Crippen molar-refractivity contribution in [2.75, 3.05) is 6.26 Å². The molecule has 0 radical (unpaired) electrons. The zero-order valence-electron chi connectivity index (χ0n) is 13.3. The van der Waals surface area contributed by atoms with Gasteiger partial charge in [-0.2, -0.15) is 0 Å². The van der Waals surface area contributed by atoms with E-state index >= 15 is 0 Å². The molecule has 122 valence electrons. The van der Waals surface area contributed by atoms with Crippen LogP contribution in [0.1, 0.15) is 40.3 Å². The van der Waals surface area contributed by atoms with E-state index in [9.17, 15) is 8.42 Å². The van der Waals surface area contributed by atoms with E-state index in [1.165, 1.54) is 10.2 Å². The summed E-state index contributed by atoms with van der Waals surface area (Å²) in [5, 5.41) is 8.40. The molecule has 1 atom stereocenters. The van der Waals surface area contributed by atoms with Gasteiger partial charge in [0.25, 0.3) is 0 Å². The molecule has 6 heteroatoms. The summed E-state index contributed by atoms with van der Waals surface area (Å²) in [6.07, 6.45) is 4.05. The predicted octanol–water partition coefficient (Wildman–Crippen LogP) is 2.16. The van der Waals surface area contributed by atoms with E-state index in [0.29, 0.717) is 25.1 Å². The fourth-order valence-electron chi connectivity index (χ4n) is 3.55. The number of hydrogen-bond acceptors (Lipinski definition) is 4. The molecule has 0 amide bonds. The average molecular weight is 331 g/mol. The lowest BCUT2D eigenvalue weighted by molar-refractivity contribution is 0.587. The highest BCUT2D eigenvalue weighted by molar-refractivity contribution is 7.89. The van der Waals surface area contributed by atoms with Crippen LogP contribution in [-0.2, 0) is 23.0 Å². The standard InChI is InChI=1S/C17H21N3O2S/c1-11-10-20(23(2,21)22)16-8-13(7-15(19)17(11)16)14-6-4-3-5-12(14)9-18/h3-6,10,13,19H,7-9,18H2,1-2H3. The summed E-state index contributed by atoms with van der Waals surface area (Å²) in [5.41, 5.74) is 10.9. The first-order chi connectivity index (χ1) is 10.8. The Bertz CT molecular complexity index is 881. The van der Waals surface area contributed by atoms with Crippen LogP contribution < -0.4 is 5.73 Å². The third-order valence-electron chi connectivity index (χ3n) is 4.52. The minimum atomic E-state index is -3.37. The average Bonchev–Trinajstić information content (AvgIpc) is 2.84. The number of aryl methyl sites for hydroxylation is 1. The van der Waals surface area contributed by atoms with Crippen LogP contribution in [0.4, 0.5) is 0 Å². The molecule has 1 aromatic heterocycles. The number of fused-ring (bicyclic) bond motifs is 1. The van der Waals surface area contributed by atoms with Crippen molar-refractivity contribution in [2.45, 2.75) is 32.2 Å². The number of hydrogen-bond donors (Lipinski definition) is 2. The summed E-state index contributed by atoms with van der Waals surface area (Å²) in [6, 6.07) is 7.95. The molecule has 0 saturated carbocycles. The fraction of sp³-hybridized carbons (Fsp3) is 0.353. The van der Waals surface area contributed by atoms with E-state index < -0.39 is 10.0 Å². The molecular weight excluding hydrogens is 310 g/mol. The maximum Gasteiger partial charge on any atom is 0.235 e. The van der Waals surface area contributed by atoms with Gasteiger partial charge in [0.05, 0.1) is 6.26 Å². The van der Waals surface area contributed by atoms with Gasteiger partial charge in [-0.25, -0.2) is 12.4 Å². The molecule has 23 heavy (non-hydrogen) atoms. The van der Waals surface area contributed by atoms with Crippen molar-refractivity contribution >= 4 is 15.7 Å². The van der Waals surface area contributed by atoms with E-state index in [1.807, 2.05) is 31.2 Å². The normalized spacial score (nSPS) is 18.0. The molecule has 1 unspecified atom stereocenters. The van der Waals surface area contributed by atoms with Crippen molar-refractivity contribution in [1.82, 2.24) is 3.97 Å². The quantitative estimate of drug-likeness (QED) is 0.903. The van der Waals surface area contributed by atoms with Crippen LogP contribution >= 0.6 is 0 Å². The van der Waals surface area contributed by atoms with Crippen molar-refractivity contribution in [3.63, 3.8) is 0 Å². The largest absolute Gasteiger partial charge is 0.326 e. The van der Waals surface area contributed by atoms with Crippen LogP contribution in [0.3, 0.4) is 0 Å². The fourth-order valence-corrected chi connectivity index (χ4v) is 4.46. The van der Waals surface area contributed by atoms with Gasteiger partial charge in [-0.05, 0) is 42.4 Å². The topological polar surface area (TPSA) is 88.9 Å². The summed E-state index contributed by atoms with van der Waals surface area (Å²) in [4.78, 5) is 0. The van der Waals surface area contributed by atoms with Gasteiger partial charge >= 0.3 is 0 Å². The van der Waals surface area contributed by atoms with Crippen LogP contribution in [0.15, 0.2) is 30.5 Å². The lowest BCUT2D eigenvalue weighted by Gasteiger charge is -2.26. The Labute approximate surface area is 136 Å². The Morgan fingerprint density at radius 3 is 2.65 bits per heavy atom. The SMILES string of the molecule is Cc1cn(S(C)(=O)=O)c2c1C(=N)CC(c1ccccc1CN)C2. The summed E-state index contributed by atoms with van der Waals surface area (Å²) in [6.45, 7) is 2.31. The van der Waals surface area contributed by atoms with Crippen molar-refractivity contribution in [3.05, 3.63) is 58.4 Å². The summed E-state index contributed by atoms with van der Waals surface area (Å²) in [7, 11) is -3.37. The molecule has 0 spiro atoms. The Hall–Kier alpha value is -1.92. The molecule has 0 aliphatic heterocycles. The van der Waals surface area contributed by atoms with Crippen LogP contribution in [0.25, 0.3) is 0 Å². The van der Waals surface area contributed by atoms with Gasteiger partial charge in [0.1, 0.15) is 0 Å². The monoisotopic (exact) mass is 331 g/mol. The van der Waals surface area contributed by atoms with Crippen LogP contribution in [0, 0.1) is 12.3 Å². The van der Waals surface area contributed by atoms with Gasteiger partial charge in [-0.3, -0.25) is 0 Å². The summed E-state index contributed by atoms with van der Waals surface area (Å²) >= 11 is 0. The lowest BCUT2D eigenvalue weighted by Crippen LogP contribution is -2.24. The molecule has 1 heterocycles. The minimum absolute atomic E-state index is 0.0875. The molecular formula is C17H21N3O2S. The maximum atomic E-state index is 12.1. The number of nitrogens with two attached hydrogens (primary N) is 1. The van der Waals surface area contributed by atoms with Crippen molar-refractivity contribution in [3.8, 4) is 0 Å². The van der Waals surface area contributed by atoms with E-state index in [4.69, 9.17) is 11.1 Å². The van der Waals surface area contributed by atoms with Crippen LogP contribution in [-0.4, -0.2) is 24.4 Å². The third-order valence-corrected chi connectivity index (χ3v) is 5.56. The number of rotatable bonds is 3. The van der Waals surface area contributed by atoms with Crippen molar-refractivity contribution in [2.24, 2.45) is 5.73 Å². The highest BCUT2D eigenvalue weighted by Gasteiger charge is 2.31. The second-order valence-electron chi connectivity index (χ2n) is 6.18. The highest BCUT2D eigenvalue weighted by Crippen LogP contribution is 2.36. The van der Waals surface area contributed by atoms with Crippen molar-refractivity contribution in [1.29, 1.82) is 5.41 Å². The number of nitrogens with zero attached hydrogens (tertiary/aromatic N) is 1. The van der Waals surface area contributed by atoms with Crippen LogP contribution in [0.2, 0.25) is 0 Å². The predicted molar refractivity (Wildman–Crippen MR) is 91.6 cm³/mol. The zero-order valence-corrected chi connectivity index (χ0v) is 14.2. The van der Waals surface area contributed by atoms with Crippen molar-refractivity contribution < 1.29 is 8.42 Å². The smallest absolute Gasteiger partial charge is 0.235 e. The molecule has 0 fully saturated rings. The third kappa shape index (κ3) is 2.72. The minimum Gasteiger partial charge on any atom is -0.326 e. The first kappa shape index (κ1) is 16.0. The Morgan fingerprint density at radius 2 is 2.00 bits per heavy atom. The summed E-state index contributed by atoms with van der Waals surface area (Å²) in [5.74, 6) is 0.0875. The van der Waals surface area contributed by atoms with Gasteiger partial charge in [0, 0.05) is 29.7 Å². The van der Waals surface area contributed by atoms with Gasteiger partial charge in [0.2, 0.25) is 10.0 Å². The van der Waals surface area contributed by atoms with E-state index in [2.05, 4.69) is 0 Å². The molecule has 1 aromatic carbocycles. The second kappa shape index (κ2) is 5.62. The Kier molecular flexibility index (Phi) is 3.90. The molecule has 3 rings (SSSR count). The number of aromatic nitrogens is 1. The molecule has 1 aliphatic carbocycles. The second-order valence-corrected chi connectivity index (χ2v) is 8.04. The number of benzene rings is 1. The maximum absolute atomic E-state index is 12.1. The first-order valence-corrected chi connectivity index (χ1v) is 9.44. The first-order valence-electron chi connectivity index (χ1n) is 7.60. The van der Waals surface area contributed by atoms with Crippen LogP contribution in [0.5, 0.6) is 0 Å². The summed E-state index contributed by atoms with van der Waals surface area (Å²) < 4.78 is 25.5. The van der Waals surface area contributed by atoms with Gasteiger partial charge < -0.3 is 11.1 Å². The van der Waals surface area contributed by atoms with Gasteiger partial charge in [-0.15, -0.1) is 0 Å². The Balaban J connectivity index is 2.12.